The molecule has 0 bridgehead atoms. The lowest BCUT2D eigenvalue weighted by molar-refractivity contribution is 0.628. The number of nitrogens with one attached hydrogen (secondary N) is 4. The lowest BCUT2D eigenvalue weighted by Crippen LogP contribution is -2.11. The van der Waals surface area contributed by atoms with Crippen LogP contribution < -0.4 is 21.5 Å². The standard InChI is InChI=1S/C21H18FN7O.ClH/c22-15-7-9-17(10-8-15)26-21-28-19(24-13-14-6-11-18(30)23-12-14)27-20(29-21)25-16-4-2-1-3-5-16;/h1-12H,13H2,(H,23,30)(H3,24,25,26,27,28,29);1H. The largest absolute Gasteiger partial charge is 0.350 e. The lowest BCUT2D eigenvalue weighted by atomic mass is 10.3. The Morgan fingerprint density at radius 1 is 0.774 bits per heavy atom. The quantitative estimate of drug-likeness (QED) is 0.341. The zero-order valence-corrected chi connectivity index (χ0v) is 17.0. The van der Waals surface area contributed by atoms with Gasteiger partial charge in [0.15, 0.2) is 0 Å². The van der Waals surface area contributed by atoms with Gasteiger partial charge in [-0.15, -0.1) is 12.4 Å². The molecule has 4 N–H and O–H groups in total. The fourth-order valence-corrected chi connectivity index (χ4v) is 2.61. The first-order chi connectivity index (χ1) is 14.6. The first kappa shape index (κ1) is 21.7. The van der Waals surface area contributed by atoms with Gasteiger partial charge >= 0.3 is 0 Å². The number of anilines is 5. The van der Waals surface area contributed by atoms with Gasteiger partial charge in [-0.2, -0.15) is 15.0 Å². The second-order valence-electron chi connectivity index (χ2n) is 6.34. The topological polar surface area (TPSA) is 108 Å². The third-order valence-corrected chi connectivity index (χ3v) is 4.06. The number of aromatic amines is 1. The van der Waals surface area contributed by atoms with Crippen molar-refractivity contribution < 1.29 is 4.39 Å². The molecule has 0 fully saturated rings. The van der Waals surface area contributed by atoms with Gasteiger partial charge in [-0.3, -0.25) is 4.79 Å². The van der Waals surface area contributed by atoms with E-state index in [-0.39, 0.29) is 23.8 Å². The molecule has 0 saturated heterocycles. The highest BCUT2D eigenvalue weighted by molar-refractivity contribution is 5.85. The van der Waals surface area contributed by atoms with E-state index in [9.17, 15) is 9.18 Å². The Morgan fingerprint density at radius 2 is 1.39 bits per heavy atom. The Morgan fingerprint density at radius 3 is 2.00 bits per heavy atom. The summed E-state index contributed by atoms with van der Waals surface area (Å²) in [4.78, 5) is 27.0. The van der Waals surface area contributed by atoms with E-state index in [1.807, 2.05) is 30.3 Å². The summed E-state index contributed by atoms with van der Waals surface area (Å²) in [7, 11) is 0. The van der Waals surface area contributed by atoms with E-state index in [1.165, 1.54) is 18.2 Å². The van der Waals surface area contributed by atoms with Crippen LogP contribution in [0, 0.1) is 5.82 Å². The zero-order valence-electron chi connectivity index (χ0n) is 16.2. The molecule has 4 rings (SSSR count). The van der Waals surface area contributed by atoms with Crippen molar-refractivity contribution in [3.8, 4) is 0 Å². The number of rotatable bonds is 7. The SMILES string of the molecule is Cl.O=c1ccc(CNc2nc(Nc3ccccc3)nc(Nc3ccc(F)cc3)n2)c[nH]1. The summed E-state index contributed by atoms with van der Waals surface area (Å²) in [6, 6.07) is 18.6. The number of para-hydroxylation sites is 1. The summed E-state index contributed by atoms with van der Waals surface area (Å²) >= 11 is 0. The smallest absolute Gasteiger partial charge is 0.247 e. The summed E-state index contributed by atoms with van der Waals surface area (Å²) in [5.74, 6) is 0.633. The molecular formula is C21H19ClFN7O. The molecule has 10 heteroatoms. The summed E-state index contributed by atoms with van der Waals surface area (Å²) in [6.45, 7) is 0.404. The molecular weight excluding hydrogens is 421 g/mol. The average molecular weight is 440 g/mol. The number of benzene rings is 2. The van der Waals surface area contributed by atoms with Crippen molar-refractivity contribution in [2.75, 3.05) is 16.0 Å². The Kier molecular flexibility index (Phi) is 7.13. The number of H-pyrrole nitrogens is 1. The van der Waals surface area contributed by atoms with Crippen LogP contribution in [0.3, 0.4) is 0 Å². The van der Waals surface area contributed by atoms with Gasteiger partial charge < -0.3 is 20.9 Å². The van der Waals surface area contributed by atoms with E-state index in [0.29, 0.717) is 30.1 Å². The van der Waals surface area contributed by atoms with Crippen LogP contribution in [0.15, 0.2) is 77.7 Å². The molecule has 2 aromatic heterocycles. The minimum atomic E-state index is -0.328. The molecule has 2 heterocycles. The molecule has 0 aliphatic rings. The van der Waals surface area contributed by atoms with E-state index in [2.05, 4.69) is 35.9 Å². The van der Waals surface area contributed by atoms with Crippen LogP contribution in [0.2, 0.25) is 0 Å². The third-order valence-electron chi connectivity index (χ3n) is 4.06. The van der Waals surface area contributed by atoms with Gasteiger partial charge in [0, 0.05) is 30.2 Å². The van der Waals surface area contributed by atoms with Crippen LogP contribution in [-0.4, -0.2) is 19.9 Å². The minimum absolute atomic E-state index is 0. The number of hydrogen-bond acceptors (Lipinski definition) is 7. The van der Waals surface area contributed by atoms with E-state index in [0.717, 1.165) is 11.3 Å². The number of hydrogen-bond donors (Lipinski definition) is 4. The highest BCUT2D eigenvalue weighted by Gasteiger charge is 2.08. The number of pyridine rings is 1. The molecule has 4 aromatic rings. The molecule has 0 unspecified atom stereocenters. The second kappa shape index (κ2) is 10.2. The van der Waals surface area contributed by atoms with E-state index in [1.54, 1.807) is 24.4 Å². The zero-order chi connectivity index (χ0) is 20.8. The molecule has 0 atom stereocenters. The molecule has 0 radical (unpaired) electrons. The van der Waals surface area contributed by atoms with E-state index < -0.39 is 0 Å². The summed E-state index contributed by atoms with van der Waals surface area (Å²) < 4.78 is 13.2. The van der Waals surface area contributed by atoms with Crippen molar-refractivity contribution in [3.05, 3.63) is 94.7 Å². The highest BCUT2D eigenvalue weighted by Crippen LogP contribution is 2.19. The Labute approximate surface area is 183 Å². The van der Waals surface area contributed by atoms with Gasteiger partial charge in [0.2, 0.25) is 23.4 Å². The van der Waals surface area contributed by atoms with Crippen molar-refractivity contribution in [1.82, 2.24) is 19.9 Å². The normalized spacial score (nSPS) is 10.1. The molecule has 0 spiro atoms. The van der Waals surface area contributed by atoms with Crippen molar-refractivity contribution in [3.63, 3.8) is 0 Å². The minimum Gasteiger partial charge on any atom is -0.350 e. The van der Waals surface area contributed by atoms with E-state index >= 15 is 0 Å². The lowest BCUT2D eigenvalue weighted by Gasteiger charge is -2.11. The third kappa shape index (κ3) is 6.25. The van der Waals surface area contributed by atoms with Crippen molar-refractivity contribution >= 4 is 41.6 Å². The molecule has 0 aliphatic carbocycles. The molecule has 0 aliphatic heterocycles. The first-order valence-corrected chi connectivity index (χ1v) is 9.16. The van der Waals surface area contributed by atoms with Crippen LogP contribution in [0.5, 0.6) is 0 Å². The molecule has 31 heavy (non-hydrogen) atoms. The van der Waals surface area contributed by atoms with Gasteiger partial charge in [0.1, 0.15) is 5.82 Å². The fourth-order valence-electron chi connectivity index (χ4n) is 2.61. The monoisotopic (exact) mass is 439 g/mol. The fraction of sp³-hybridized carbons (Fsp3) is 0.0476. The molecule has 158 valence electrons. The summed E-state index contributed by atoms with van der Waals surface area (Å²) in [5, 5.41) is 9.30. The number of aromatic nitrogens is 4. The van der Waals surface area contributed by atoms with Crippen LogP contribution in [0.1, 0.15) is 5.56 Å². The summed E-state index contributed by atoms with van der Waals surface area (Å²) in [5.41, 5.74) is 2.16. The van der Waals surface area contributed by atoms with Crippen molar-refractivity contribution in [2.45, 2.75) is 6.54 Å². The molecule has 8 nitrogen and oxygen atoms in total. The Hall–Kier alpha value is -3.98. The maximum absolute atomic E-state index is 13.2. The van der Waals surface area contributed by atoms with Crippen molar-refractivity contribution in [1.29, 1.82) is 0 Å². The molecule has 2 aromatic carbocycles. The van der Waals surface area contributed by atoms with Gasteiger partial charge in [-0.1, -0.05) is 24.3 Å². The number of nitrogens with zero attached hydrogens (tertiary/aromatic N) is 3. The highest BCUT2D eigenvalue weighted by atomic mass is 35.5. The van der Waals surface area contributed by atoms with Crippen molar-refractivity contribution in [2.24, 2.45) is 0 Å². The van der Waals surface area contributed by atoms with Crippen LogP contribution in [0.25, 0.3) is 0 Å². The van der Waals surface area contributed by atoms with Crippen LogP contribution in [-0.2, 0) is 6.54 Å². The van der Waals surface area contributed by atoms with Crippen LogP contribution in [0.4, 0.5) is 33.6 Å². The molecule has 0 amide bonds. The maximum Gasteiger partial charge on any atom is 0.247 e. The Bertz CT molecular complexity index is 1170. The summed E-state index contributed by atoms with van der Waals surface area (Å²) in [6.07, 6.45) is 1.62. The Balaban J connectivity index is 0.00000272. The number of halogens is 2. The van der Waals surface area contributed by atoms with Gasteiger partial charge in [-0.25, -0.2) is 4.39 Å². The van der Waals surface area contributed by atoms with Gasteiger partial charge in [0.25, 0.3) is 0 Å². The van der Waals surface area contributed by atoms with Gasteiger partial charge in [0.05, 0.1) is 0 Å². The van der Waals surface area contributed by atoms with E-state index in [4.69, 9.17) is 0 Å². The predicted octanol–water partition coefficient (Wildman–Crippen LogP) is 4.22. The predicted molar refractivity (Wildman–Crippen MR) is 121 cm³/mol. The van der Waals surface area contributed by atoms with Crippen LogP contribution >= 0.6 is 12.4 Å². The average Bonchev–Trinajstić information content (AvgIpc) is 2.76. The second-order valence-corrected chi connectivity index (χ2v) is 6.34. The first-order valence-electron chi connectivity index (χ1n) is 9.16. The maximum atomic E-state index is 13.2. The van der Waals surface area contributed by atoms with Gasteiger partial charge in [-0.05, 0) is 42.0 Å². The molecule has 0 saturated carbocycles.